The van der Waals surface area contributed by atoms with Crippen LogP contribution in [0.1, 0.15) is 79.6 Å². The summed E-state index contributed by atoms with van der Waals surface area (Å²) < 4.78 is 7.72. The predicted molar refractivity (Wildman–Crippen MR) is 99.6 cm³/mol. The number of hydrogen-bond acceptors (Lipinski definition) is 1. The number of fused-ring (bicyclic) bond motifs is 2. The van der Waals surface area contributed by atoms with Gasteiger partial charge in [0.25, 0.3) is 0 Å². The zero-order chi connectivity index (χ0) is 17.1. The molecule has 2 aliphatic carbocycles. The second-order valence-corrected chi connectivity index (χ2v) is 9.47. The summed E-state index contributed by atoms with van der Waals surface area (Å²) in [6, 6.07) is 0. The van der Waals surface area contributed by atoms with Crippen LogP contribution in [0.5, 0.6) is 0 Å². The van der Waals surface area contributed by atoms with Crippen LogP contribution in [0.4, 0.5) is 0 Å². The summed E-state index contributed by atoms with van der Waals surface area (Å²) >= 11 is 0. The first kappa shape index (κ1) is 19.2. The Balaban J connectivity index is 1.85. The second kappa shape index (κ2) is 7.44. The van der Waals surface area contributed by atoms with Crippen molar-refractivity contribution >= 4 is 0 Å². The number of ether oxygens (including phenoxy) is 1. The number of nitrogens with zero attached hydrogens (tertiary/aromatic N) is 1. The van der Waals surface area contributed by atoms with E-state index in [2.05, 4.69) is 41.7 Å². The Bertz CT molecular complexity index is 370. The van der Waals surface area contributed by atoms with Gasteiger partial charge >= 0.3 is 0 Å². The van der Waals surface area contributed by atoms with Crippen LogP contribution in [0.25, 0.3) is 0 Å². The van der Waals surface area contributed by atoms with Crippen molar-refractivity contribution in [1.29, 1.82) is 0 Å². The van der Waals surface area contributed by atoms with Crippen molar-refractivity contribution in [3.63, 3.8) is 0 Å². The molecule has 2 aliphatic rings. The minimum Gasteiger partial charge on any atom is -0.372 e. The molecule has 0 amide bonds. The van der Waals surface area contributed by atoms with Gasteiger partial charge in [0.15, 0.2) is 0 Å². The molecule has 0 heterocycles. The largest absolute Gasteiger partial charge is 0.372 e. The number of likely N-dealkylation sites (N-methyl/N-ethyl adjacent to an activating group) is 1. The molecule has 2 bridgehead atoms. The Morgan fingerprint density at radius 3 is 2.04 bits per heavy atom. The van der Waals surface area contributed by atoms with E-state index < -0.39 is 0 Å². The van der Waals surface area contributed by atoms with Gasteiger partial charge < -0.3 is 9.22 Å². The van der Waals surface area contributed by atoms with Gasteiger partial charge in [-0.05, 0) is 48.9 Å². The summed E-state index contributed by atoms with van der Waals surface area (Å²) in [7, 11) is 2.45. The van der Waals surface area contributed by atoms with E-state index >= 15 is 0 Å². The molecule has 2 fully saturated rings. The number of unbranched alkanes of at least 4 members (excludes halogenated alkanes) is 2. The van der Waals surface area contributed by atoms with E-state index in [1.165, 1.54) is 69.1 Å². The summed E-state index contributed by atoms with van der Waals surface area (Å²) in [5.41, 5.74) is 0.883. The van der Waals surface area contributed by atoms with E-state index in [9.17, 15) is 0 Å². The average Bonchev–Trinajstić information content (AvgIpc) is 2.84. The minimum absolute atomic E-state index is 0.411. The fourth-order valence-electron chi connectivity index (χ4n) is 5.21. The van der Waals surface area contributed by atoms with E-state index in [0.29, 0.717) is 16.9 Å². The molecule has 2 nitrogen and oxygen atoms in total. The van der Waals surface area contributed by atoms with Crippen LogP contribution < -0.4 is 0 Å². The Kier molecular flexibility index (Phi) is 6.22. The van der Waals surface area contributed by atoms with E-state index in [-0.39, 0.29) is 0 Å². The molecule has 0 aliphatic heterocycles. The molecule has 2 saturated carbocycles. The third-order valence-corrected chi connectivity index (χ3v) is 7.77. The lowest BCUT2D eigenvalue weighted by atomic mass is 9.70. The van der Waals surface area contributed by atoms with Crippen LogP contribution in [-0.4, -0.2) is 43.9 Å². The highest BCUT2D eigenvalue weighted by Crippen LogP contribution is 2.66. The first-order valence-corrected chi connectivity index (χ1v) is 10.2. The maximum Gasteiger partial charge on any atom is 0.102 e. The Hall–Kier alpha value is -0.0800. The van der Waals surface area contributed by atoms with Gasteiger partial charge in [-0.2, -0.15) is 0 Å². The van der Waals surface area contributed by atoms with Crippen molar-refractivity contribution in [3.05, 3.63) is 0 Å². The van der Waals surface area contributed by atoms with Crippen molar-refractivity contribution in [2.24, 2.45) is 16.7 Å². The Morgan fingerprint density at radius 2 is 1.61 bits per heavy atom. The Labute approximate surface area is 145 Å². The maximum atomic E-state index is 6.52. The van der Waals surface area contributed by atoms with Gasteiger partial charge in [0, 0.05) is 0 Å². The van der Waals surface area contributed by atoms with Gasteiger partial charge in [0.2, 0.25) is 0 Å². The van der Waals surface area contributed by atoms with Crippen LogP contribution in [0.3, 0.4) is 0 Å². The van der Waals surface area contributed by atoms with E-state index in [4.69, 9.17) is 4.74 Å². The van der Waals surface area contributed by atoms with Crippen molar-refractivity contribution in [2.45, 2.75) is 85.7 Å². The second-order valence-electron chi connectivity index (χ2n) is 9.47. The van der Waals surface area contributed by atoms with E-state index in [1.54, 1.807) is 0 Å². The van der Waals surface area contributed by atoms with Crippen LogP contribution in [-0.2, 0) is 4.74 Å². The summed E-state index contributed by atoms with van der Waals surface area (Å²) in [6.07, 6.45) is 9.89. The lowest BCUT2D eigenvalue weighted by Gasteiger charge is -2.40. The third kappa shape index (κ3) is 3.79. The van der Waals surface area contributed by atoms with Crippen LogP contribution in [0.15, 0.2) is 0 Å². The molecule has 0 aromatic rings. The van der Waals surface area contributed by atoms with Crippen molar-refractivity contribution in [3.8, 4) is 0 Å². The van der Waals surface area contributed by atoms with Crippen LogP contribution in [0.2, 0.25) is 0 Å². The molecule has 3 atom stereocenters. The molecule has 0 aromatic carbocycles. The van der Waals surface area contributed by atoms with Gasteiger partial charge in [-0.3, -0.25) is 0 Å². The highest BCUT2D eigenvalue weighted by molar-refractivity contribution is 5.11. The minimum atomic E-state index is 0.411. The fourth-order valence-corrected chi connectivity index (χ4v) is 5.21. The van der Waals surface area contributed by atoms with Crippen LogP contribution >= 0.6 is 0 Å². The van der Waals surface area contributed by atoms with E-state index in [0.717, 1.165) is 12.5 Å². The standard InChI is InChI=1S/C21H42NO/c1-7-9-13-22(6,14-10-8-2)15-16-23-19-17-18-11-12-21(19,5)20(18,3)4/h18-19H,7-17H2,1-6H3/q+1/t18-,19-,21-/m0/s1. The first-order chi connectivity index (χ1) is 10.8. The zero-order valence-electron chi connectivity index (χ0n) is 16.8. The van der Waals surface area contributed by atoms with Crippen molar-refractivity contribution < 1.29 is 9.22 Å². The quantitative estimate of drug-likeness (QED) is 0.498. The van der Waals surface area contributed by atoms with Crippen LogP contribution in [0, 0.1) is 16.7 Å². The SMILES string of the molecule is CCCC[N+](C)(CCCC)CCO[C@H]1C[C@@H]2CC[C@]1(C)C2(C)C. The predicted octanol–water partition coefficient (Wildman–Crippen LogP) is 5.26. The molecule has 2 rings (SSSR count). The third-order valence-electron chi connectivity index (χ3n) is 7.77. The van der Waals surface area contributed by atoms with Gasteiger partial charge in [-0.1, -0.05) is 47.5 Å². The first-order valence-electron chi connectivity index (χ1n) is 10.2. The topological polar surface area (TPSA) is 9.23 Å². The lowest BCUT2D eigenvalue weighted by molar-refractivity contribution is -0.910. The molecule has 136 valence electrons. The normalized spacial score (nSPS) is 32.6. The fraction of sp³-hybridized carbons (Fsp3) is 1.00. The Morgan fingerprint density at radius 1 is 1.00 bits per heavy atom. The molecule has 0 aromatic heterocycles. The smallest absolute Gasteiger partial charge is 0.102 e. The highest BCUT2D eigenvalue weighted by atomic mass is 16.5. The van der Waals surface area contributed by atoms with Crippen molar-refractivity contribution in [2.75, 3.05) is 33.3 Å². The lowest BCUT2D eigenvalue weighted by Crippen LogP contribution is -2.48. The molecular weight excluding hydrogens is 282 g/mol. The number of rotatable bonds is 10. The molecule has 0 N–H and O–H groups in total. The number of hydrogen-bond donors (Lipinski definition) is 0. The molecule has 23 heavy (non-hydrogen) atoms. The molecular formula is C21H42NO+. The summed E-state index contributed by atoms with van der Waals surface area (Å²) in [6.45, 7) is 16.8. The van der Waals surface area contributed by atoms with Crippen molar-refractivity contribution in [1.82, 2.24) is 0 Å². The summed E-state index contributed by atoms with van der Waals surface area (Å²) in [5.74, 6) is 0.888. The van der Waals surface area contributed by atoms with Gasteiger partial charge in [0.1, 0.15) is 6.54 Å². The molecule has 0 spiro atoms. The molecule has 0 saturated heterocycles. The molecule has 0 radical (unpaired) electrons. The zero-order valence-corrected chi connectivity index (χ0v) is 16.8. The maximum absolute atomic E-state index is 6.52. The molecule has 2 heteroatoms. The highest BCUT2D eigenvalue weighted by Gasteiger charge is 2.61. The van der Waals surface area contributed by atoms with Gasteiger partial charge in [-0.15, -0.1) is 0 Å². The van der Waals surface area contributed by atoms with E-state index in [1.807, 2.05) is 0 Å². The summed E-state index contributed by atoms with van der Waals surface area (Å²) in [5, 5.41) is 0. The van der Waals surface area contributed by atoms with Gasteiger partial charge in [-0.25, -0.2) is 0 Å². The molecule has 0 unspecified atom stereocenters. The average molecular weight is 325 g/mol. The van der Waals surface area contributed by atoms with Gasteiger partial charge in [0.05, 0.1) is 32.8 Å². The monoisotopic (exact) mass is 324 g/mol. The summed E-state index contributed by atoms with van der Waals surface area (Å²) in [4.78, 5) is 0. The number of quaternary nitrogens is 1.